The van der Waals surface area contributed by atoms with E-state index in [0.29, 0.717) is 24.2 Å². The maximum absolute atomic E-state index is 5.94. The third-order valence-corrected chi connectivity index (χ3v) is 6.50. The van der Waals surface area contributed by atoms with Crippen LogP contribution in [0.1, 0.15) is 61.9 Å². The molecule has 0 saturated heterocycles. The fraction of sp³-hybridized carbons (Fsp3) is 0.455. The molecule has 0 N–H and O–H groups in total. The van der Waals surface area contributed by atoms with Crippen LogP contribution in [0.3, 0.4) is 0 Å². The number of hydrogen-bond acceptors (Lipinski definition) is 7. The van der Waals surface area contributed by atoms with Crippen LogP contribution in [0.15, 0.2) is 46.5 Å². The third-order valence-electron chi connectivity index (χ3n) is 5.43. The van der Waals surface area contributed by atoms with Gasteiger partial charge in [-0.2, -0.15) is 0 Å². The Morgan fingerprint density at radius 1 is 1.17 bits per heavy atom. The largest absolute Gasteiger partial charge is 0.497 e. The van der Waals surface area contributed by atoms with E-state index in [2.05, 4.69) is 31.5 Å². The van der Waals surface area contributed by atoms with Gasteiger partial charge in [0, 0.05) is 18.0 Å². The minimum Gasteiger partial charge on any atom is -0.497 e. The molecule has 0 aliphatic heterocycles. The predicted octanol–water partition coefficient (Wildman–Crippen LogP) is 5.42. The highest BCUT2D eigenvalue weighted by molar-refractivity contribution is 7.99. The molecule has 3 aromatic rings. The minimum atomic E-state index is -0.0449. The summed E-state index contributed by atoms with van der Waals surface area (Å²) < 4.78 is 13.3. The van der Waals surface area contributed by atoms with Gasteiger partial charge in [-0.1, -0.05) is 37.1 Å². The molecule has 2 heterocycles. The van der Waals surface area contributed by atoms with Gasteiger partial charge in [0.1, 0.15) is 11.6 Å². The summed E-state index contributed by atoms with van der Waals surface area (Å²) in [4.78, 5) is 0. The zero-order valence-corrected chi connectivity index (χ0v) is 18.3. The Kier molecular flexibility index (Phi) is 6.52. The Morgan fingerprint density at radius 3 is 2.63 bits per heavy atom. The number of aromatic nitrogens is 5. The number of nitrogens with zero attached hydrogens (tertiary/aromatic N) is 5. The van der Waals surface area contributed by atoms with E-state index in [-0.39, 0.29) is 5.25 Å². The number of allylic oxidation sites excluding steroid dienone is 1. The van der Waals surface area contributed by atoms with Crippen molar-refractivity contribution in [3.63, 3.8) is 0 Å². The zero-order valence-electron chi connectivity index (χ0n) is 17.5. The van der Waals surface area contributed by atoms with Crippen LogP contribution in [0.4, 0.5) is 0 Å². The fourth-order valence-electron chi connectivity index (χ4n) is 3.81. The lowest BCUT2D eigenvalue weighted by atomic mass is 9.89. The molecule has 1 aliphatic rings. The SMILES string of the molecule is C=CCn1c(S[C@@H](C)c2nnc(-c3ccc(OC)cc3)o2)nnc1C1CCCCC1. The van der Waals surface area contributed by atoms with Gasteiger partial charge in [0.15, 0.2) is 5.16 Å². The first-order valence-electron chi connectivity index (χ1n) is 10.4. The number of thioether (sulfide) groups is 1. The smallest absolute Gasteiger partial charge is 0.247 e. The Hall–Kier alpha value is -2.61. The highest BCUT2D eigenvalue weighted by Gasteiger charge is 2.25. The molecular weight excluding hydrogens is 398 g/mol. The van der Waals surface area contributed by atoms with E-state index >= 15 is 0 Å². The van der Waals surface area contributed by atoms with Crippen molar-refractivity contribution in [1.29, 1.82) is 0 Å². The second-order valence-corrected chi connectivity index (χ2v) is 8.82. The molecular formula is C22H27N5O2S. The van der Waals surface area contributed by atoms with Crippen LogP contribution in [-0.4, -0.2) is 32.1 Å². The van der Waals surface area contributed by atoms with Crippen LogP contribution in [0.5, 0.6) is 5.75 Å². The van der Waals surface area contributed by atoms with Gasteiger partial charge in [-0.25, -0.2) is 0 Å². The predicted molar refractivity (Wildman–Crippen MR) is 117 cm³/mol. The second-order valence-electron chi connectivity index (χ2n) is 7.51. The molecule has 30 heavy (non-hydrogen) atoms. The van der Waals surface area contributed by atoms with Gasteiger partial charge in [0.2, 0.25) is 11.8 Å². The fourth-order valence-corrected chi connectivity index (χ4v) is 4.70. The van der Waals surface area contributed by atoms with Gasteiger partial charge >= 0.3 is 0 Å². The summed E-state index contributed by atoms with van der Waals surface area (Å²) in [7, 11) is 1.64. The molecule has 0 bridgehead atoms. The van der Waals surface area contributed by atoms with Crippen molar-refractivity contribution in [1.82, 2.24) is 25.0 Å². The van der Waals surface area contributed by atoms with Crippen molar-refractivity contribution in [3.05, 3.63) is 48.6 Å². The first kappa shape index (κ1) is 20.7. The minimum absolute atomic E-state index is 0.0449. The monoisotopic (exact) mass is 425 g/mol. The van der Waals surface area contributed by atoms with Crippen LogP contribution in [0.2, 0.25) is 0 Å². The summed E-state index contributed by atoms with van der Waals surface area (Å²) in [6, 6.07) is 7.57. The van der Waals surface area contributed by atoms with Crippen LogP contribution in [0.25, 0.3) is 11.5 Å². The Bertz CT molecular complexity index is 976. The zero-order chi connectivity index (χ0) is 20.9. The average molecular weight is 426 g/mol. The van der Waals surface area contributed by atoms with E-state index in [1.54, 1.807) is 18.9 Å². The second kappa shape index (κ2) is 9.47. The molecule has 0 radical (unpaired) electrons. The van der Waals surface area contributed by atoms with E-state index < -0.39 is 0 Å². The summed E-state index contributed by atoms with van der Waals surface area (Å²) in [5, 5.41) is 18.3. The topological polar surface area (TPSA) is 78.9 Å². The van der Waals surface area contributed by atoms with Crippen LogP contribution < -0.4 is 4.74 Å². The van der Waals surface area contributed by atoms with Gasteiger partial charge in [-0.05, 0) is 44.0 Å². The molecule has 2 aromatic heterocycles. The maximum Gasteiger partial charge on any atom is 0.247 e. The van der Waals surface area contributed by atoms with E-state index in [4.69, 9.17) is 9.15 Å². The number of rotatable bonds is 8. The number of benzene rings is 1. The summed E-state index contributed by atoms with van der Waals surface area (Å²) in [5.41, 5.74) is 0.862. The maximum atomic E-state index is 5.94. The van der Waals surface area contributed by atoms with Gasteiger partial charge < -0.3 is 13.7 Å². The Morgan fingerprint density at radius 2 is 1.93 bits per heavy atom. The molecule has 1 saturated carbocycles. The lowest BCUT2D eigenvalue weighted by Crippen LogP contribution is -2.12. The van der Waals surface area contributed by atoms with Crippen molar-refractivity contribution >= 4 is 11.8 Å². The van der Waals surface area contributed by atoms with Crippen molar-refractivity contribution in [2.75, 3.05) is 7.11 Å². The molecule has 1 aromatic carbocycles. The van der Waals surface area contributed by atoms with Crippen LogP contribution >= 0.6 is 11.8 Å². The van der Waals surface area contributed by atoms with Crippen molar-refractivity contribution in [2.45, 2.75) is 61.9 Å². The molecule has 4 rings (SSSR count). The quantitative estimate of drug-likeness (QED) is 0.352. The summed E-state index contributed by atoms with van der Waals surface area (Å²) in [6.07, 6.45) is 8.12. The number of hydrogen-bond donors (Lipinski definition) is 0. The van der Waals surface area contributed by atoms with E-state index in [1.807, 2.05) is 37.3 Å². The summed E-state index contributed by atoms with van der Waals surface area (Å²) in [6.45, 7) is 6.66. The Labute approximate surface area is 180 Å². The van der Waals surface area contributed by atoms with Crippen molar-refractivity contribution in [3.8, 4) is 17.2 Å². The molecule has 0 spiro atoms. The normalized spacial score (nSPS) is 15.8. The standard InChI is InChI=1S/C22H27N5O2S/c1-4-14-27-19(16-8-6-5-7-9-16)23-26-22(27)30-15(2)20-24-25-21(29-20)17-10-12-18(28-3)13-11-17/h4,10-13,15-16H,1,5-9,14H2,2-3H3/t15-/m0/s1. The molecule has 1 fully saturated rings. The van der Waals surface area contributed by atoms with Crippen molar-refractivity contribution in [2.24, 2.45) is 0 Å². The average Bonchev–Trinajstić information content (AvgIpc) is 3.43. The first-order valence-corrected chi connectivity index (χ1v) is 11.3. The van der Waals surface area contributed by atoms with E-state index in [0.717, 1.165) is 22.3 Å². The molecule has 158 valence electrons. The van der Waals surface area contributed by atoms with Crippen LogP contribution in [0, 0.1) is 0 Å². The molecule has 1 atom stereocenters. The van der Waals surface area contributed by atoms with Crippen LogP contribution in [-0.2, 0) is 6.54 Å². The van der Waals surface area contributed by atoms with Gasteiger partial charge in [0.05, 0.1) is 12.4 Å². The van der Waals surface area contributed by atoms with Gasteiger partial charge in [0.25, 0.3) is 0 Å². The van der Waals surface area contributed by atoms with Gasteiger partial charge in [-0.3, -0.25) is 0 Å². The molecule has 7 nitrogen and oxygen atoms in total. The summed E-state index contributed by atoms with van der Waals surface area (Å²) >= 11 is 1.59. The van der Waals surface area contributed by atoms with Gasteiger partial charge in [-0.15, -0.1) is 27.0 Å². The first-order chi connectivity index (χ1) is 14.7. The Balaban J connectivity index is 1.51. The third kappa shape index (κ3) is 4.43. The molecule has 0 unspecified atom stereocenters. The highest BCUT2D eigenvalue weighted by Crippen LogP contribution is 2.37. The lowest BCUT2D eigenvalue weighted by molar-refractivity contribution is 0.415. The summed E-state index contributed by atoms with van der Waals surface area (Å²) in [5.74, 6) is 3.42. The highest BCUT2D eigenvalue weighted by atomic mass is 32.2. The molecule has 1 aliphatic carbocycles. The number of ether oxygens (including phenoxy) is 1. The molecule has 8 heteroatoms. The van der Waals surface area contributed by atoms with Crippen molar-refractivity contribution < 1.29 is 9.15 Å². The number of methoxy groups -OCH3 is 1. The van der Waals surface area contributed by atoms with E-state index in [9.17, 15) is 0 Å². The van der Waals surface area contributed by atoms with E-state index in [1.165, 1.54) is 32.1 Å². The lowest BCUT2D eigenvalue weighted by Gasteiger charge is -2.21. The molecule has 0 amide bonds.